The minimum absolute atomic E-state index is 0.0717. The van der Waals surface area contributed by atoms with Gasteiger partial charge in [0.1, 0.15) is 11.4 Å². The van der Waals surface area contributed by atoms with Gasteiger partial charge in [-0.2, -0.15) is 0 Å². The van der Waals surface area contributed by atoms with Gasteiger partial charge in [0.2, 0.25) is 5.91 Å². The van der Waals surface area contributed by atoms with E-state index in [2.05, 4.69) is 5.32 Å². The maximum atomic E-state index is 13.3. The summed E-state index contributed by atoms with van der Waals surface area (Å²) < 4.78 is 19.9. The van der Waals surface area contributed by atoms with E-state index in [4.69, 9.17) is 14.2 Å². The van der Waals surface area contributed by atoms with Crippen molar-refractivity contribution >= 4 is 11.8 Å². The van der Waals surface area contributed by atoms with E-state index in [-0.39, 0.29) is 30.5 Å². The van der Waals surface area contributed by atoms with Gasteiger partial charge in [-0.3, -0.25) is 14.5 Å². The number of hydrogen-bond donors (Lipinski definition) is 1. The third-order valence-electron chi connectivity index (χ3n) is 7.18. The molecule has 38 heavy (non-hydrogen) atoms. The first-order valence-electron chi connectivity index (χ1n) is 12.8. The summed E-state index contributed by atoms with van der Waals surface area (Å²) in [6, 6.07) is 16.9. The molecule has 9 nitrogen and oxygen atoms in total. The lowest BCUT2D eigenvalue weighted by Gasteiger charge is -2.23. The van der Waals surface area contributed by atoms with Crippen molar-refractivity contribution in [2.45, 2.75) is 32.2 Å². The van der Waals surface area contributed by atoms with Gasteiger partial charge in [0.25, 0.3) is 5.91 Å². The first-order valence-corrected chi connectivity index (χ1v) is 12.8. The van der Waals surface area contributed by atoms with Crippen molar-refractivity contribution in [2.24, 2.45) is 7.05 Å². The Morgan fingerprint density at radius 2 is 1.87 bits per heavy atom. The fourth-order valence-corrected chi connectivity index (χ4v) is 5.03. The van der Waals surface area contributed by atoms with E-state index in [1.54, 1.807) is 12.0 Å². The summed E-state index contributed by atoms with van der Waals surface area (Å²) in [5.74, 6) is 1.72. The maximum absolute atomic E-state index is 13.3. The Balaban J connectivity index is 1.41. The van der Waals surface area contributed by atoms with Crippen LogP contribution < -0.4 is 14.8 Å². The van der Waals surface area contributed by atoms with Gasteiger partial charge in [-0.25, -0.2) is 0 Å². The molecule has 5 rings (SSSR count). The van der Waals surface area contributed by atoms with Crippen molar-refractivity contribution in [1.29, 1.82) is 0 Å². The highest BCUT2D eigenvalue weighted by Gasteiger charge is 2.38. The molecule has 0 radical (unpaired) electrons. The molecule has 2 atom stereocenters. The Morgan fingerprint density at radius 1 is 1.03 bits per heavy atom. The molecule has 2 aromatic carbocycles. The van der Waals surface area contributed by atoms with Crippen LogP contribution in [0.4, 0.5) is 0 Å². The molecule has 0 unspecified atom stereocenters. The van der Waals surface area contributed by atoms with Crippen LogP contribution in [0.3, 0.4) is 0 Å². The molecule has 2 aliphatic rings. The van der Waals surface area contributed by atoms with Crippen molar-refractivity contribution in [3.8, 4) is 17.2 Å². The largest absolute Gasteiger partial charge is 0.493 e. The second-order valence-electron chi connectivity index (χ2n) is 10.1. The Labute approximate surface area is 222 Å². The van der Waals surface area contributed by atoms with Crippen LogP contribution in [-0.4, -0.2) is 72.1 Å². The SMILES string of the molecule is COc1ccc2cc1Oc1cccc(c1)CO[C@H]1CN(C(=O)c3ccc(C)n3C)C[C@@H]1NC(=O)CN(C)C2. The van der Waals surface area contributed by atoms with Gasteiger partial charge in [-0.15, -0.1) is 0 Å². The minimum atomic E-state index is -0.347. The smallest absolute Gasteiger partial charge is 0.270 e. The van der Waals surface area contributed by atoms with Gasteiger partial charge in [0.15, 0.2) is 11.5 Å². The molecule has 1 N–H and O–H groups in total. The van der Waals surface area contributed by atoms with Gasteiger partial charge in [0, 0.05) is 32.4 Å². The van der Waals surface area contributed by atoms with Crippen molar-refractivity contribution in [1.82, 2.24) is 19.7 Å². The molecule has 0 saturated carbocycles. The Kier molecular flexibility index (Phi) is 7.40. The number of nitrogens with one attached hydrogen (secondary N) is 1. The van der Waals surface area contributed by atoms with Gasteiger partial charge in [-0.05, 0) is 61.5 Å². The molecule has 200 valence electrons. The van der Waals surface area contributed by atoms with Crippen LogP contribution in [0, 0.1) is 6.92 Å². The van der Waals surface area contributed by atoms with E-state index in [1.165, 1.54) is 0 Å². The number of amides is 2. The number of likely N-dealkylation sites (N-methyl/N-ethyl adjacent to an activating group) is 1. The van der Waals surface area contributed by atoms with E-state index in [1.807, 2.05) is 85.1 Å². The molecule has 4 bridgehead atoms. The summed E-state index contributed by atoms with van der Waals surface area (Å²) in [6.07, 6.45) is -0.347. The summed E-state index contributed by atoms with van der Waals surface area (Å²) in [5.41, 5.74) is 3.55. The average molecular weight is 519 g/mol. The molecular weight excluding hydrogens is 484 g/mol. The topological polar surface area (TPSA) is 85.3 Å². The number of carbonyl (C=O) groups is 2. The number of carbonyl (C=O) groups excluding carboxylic acids is 2. The molecule has 3 heterocycles. The zero-order valence-electron chi connectivity index (χ0n) is 22.3. The number of methoxy groups -OCH3 is 1. The summed E-state index contributed by atoms with van der Waals surface area (Å²) in [5, 5.41) is 3.13. The number of nitrogens with zero attached hydrogens (tertiary/aromatic N) is 3. The van der Waals surface area contributed by atoms with Gasteiger partial charge in [-0.1, -0.05) is 18.2 Å². The third-order valence-corrected chi connectivity index (χ3v) is 7.18. The number of aryl methyl sites for hydroxylation is 1. The van der Waals surface area contributed by atoms with E-state index in [9.17, 15) is 9.59 Å². The van der Waals surface area contributed by atoms with E-state index >= 15 is 0 Å². The molecule has 2 amide bonds. The number of fused-ring (bicyclic) bond motifs is 5. The third kappa shape index (κ3) is 5.54. The lowest BCUT2D eigenvalue weighted by atomic mass is 10.1. The molecule has 0 spiro atoms. The molecule has 2 aliphatic heterocycles. The molecule has 1 saturated heterocycles. The highest BCUT2D eigenvalue weighted by atomic mass is 16.5. The van der Waals surface area contributed by atoms with Crippen LogP contribution in [0.5, 0.6) is 17.2 Å². The molecule has 9 heteroatoms. The average Bonchev–Trinajstić information content (AvgIpc) is 3.44. The van der Waals surface area contributed by atoms with Crippen molar-refractivity contribution in [3.63, 3.8) is 0 Å². The first-order chi connectivity index (χ1) is 18.3. The van der Waals surface area contributed by atoms with E-state index in [0.29, 0.717) is 49.2 Å². The molecule has 3 aromatic rings. The standard InChI is InChI=1S/C29H34N4O5/c1-19-8-10-24(32(19)3)29(35)33-15-23-27(16-33)37-18-21-6-5-7-22(12-21)38-26-13-20(9-11-25(26)36-4)14-31(2)17-28(34)30-23/h5-13,23,27H,14-18H2,1-4H3,(H,30,34)/t23-,27-/m0/s1. The Morgan fingerprint density at radius 3 is 2.63 bits per heavy atom. The second-order valence-corrected chi connectivity index (χ2v) is 10.1. The van der Waals surface area contributed by atoms with Gasteiger partial charge >= 0.3 is 0 Å². The van der Waals surface area contributed by atoms with Crippen LogP contribution in [0.2, 0.25) is 0 Å². The number of aromatic nitrogens is 1. The maximum Gasteiger partial charge on any atom is 0.270 e. The summed E-state index contributed by atoms with van der Waals surface area (Å²) >= 11 is 0. The zero-order chi connectivity index (χ0) is 26.8. The number of hydrogen-bond acceptors (Lipinski definition) is 6. The van der Waals surface area contributed by atoms with Crippen LogP contribution in [0.15, 0.2) is 54.6 Å². The predicted octanol–water partition coefficient (Wildman–Crippen LogP) is 3.11. The zero-order valence-corrected chi connectivity index (χ0v) is 22.3. The highest BCUT2D eigenvalue weighted by Crippen LogP contribution is 2.33. The highest BCUT2D eigenvalue weighted by molar-refractivity contribution is 5.93. The molecular formula is C29H34N4O5. The van der Waals surface area contributed by atoms with Crippen molar-refractivity contribution in [2.75, 3.05) is 33.8 Å². The quantitative estimate of drug-likeness (QED) is 0.561. The monoisotopic (exact) mass is 518 g/mol. The fourth-order valence-electron chi connectivity index (χ4n) is 5.03. The van der Waals surface area contributed by atoms with E-state index in [0.717, 1.165) is 16.8 Å². The van der Waals surface area contributed by atoms with Gasteiger partial charge in [0.05, 0.1) is 32.4 Å². The summed E-state index contributed by atoms with van der Waals surface area (Å²) in [6.45, 7) is 3.81. The van der Waals surface area contributed by atoms with Crippen molar-refractivity contribution < 1.29 is 23.8 Å². The predicted molar refractivity (Wildman–Crippen MR) is 142 cm³/mol. The normalized spacial score (nSPS) is 20.4. The minimum Gasteiger partial charge on any atom is -0.493 e. The lowest BCUT2D eigenvalue weighted by molar-refractivity contribution is -0.123. The number of rotatable bonds is 2. The van der Waals surface area contributed by atoms with Crippen LogP contribution in [-0.2, 0) is 29.7 Å². The van der Waals surface area contributed by atoms with E-state index < -0.39 is 0 Å². The number of benzene rings is 2. The van der Waals surface area contributed by atoms with Crippen LogP contribution in [0.25, 0.3) is 0 Å². The van der Waals surface area contributed by atoms with Gasteiger partial charge < -0.3 is 29.0 Å². The summed E-state index contributed by atoms with van der Waals surface area (Å²) in [4.78, 5) is 30.1. The molecule has 1 aromatic heterocycles. The first kappa shape index (κ1) is 25.8. The Hall–Kier alpha value is -3.82. The second kappa shape index (κ2) is 10.9. The Bertz CT molecular complexity index is 1340. The summed E-state index contributed by atoms with van der Waals surface area (Å²) in [7, 11) is 5.39. The number of ether oxygens (including phenoxy) is 3. The lowest BCUT2D eigenvalue weighted by Crippen LogP contribution is -2.47. The van der Waals surface area contributed by atoms with Crippen LogP contribution in [0.1, 0.15) is 27.3 Å². The molecule has 0 aliphatic carbocycles. The molecule has 1 fully saturated rings. The van der Waals surface area contributed by atoms with Crippen molar-refractivity contribution in [3.05, 3.63) is 77.1 Å². The fraction of sp³-hybridized carbons (Fsp3) is 0.379. The number of likely N-dealkylation sites (tertiary alicyclic amines) is 1. The van der Waals surface area contributed by atoms with Crippen LogP contribution >= 0.6 is 0 Å².